The largest absolute Gasteiger partial charge is 0.468 e. The number of amides is 2. The molecule has 0 bridgehead atoms. The number of rotatable bonds is 4. The maximum atomic E-state index is 12.6. The van der Waals surface area contributed by atoms with Crippen molar-refractivity contribution in [3.05, 3.63) is 24.1 Å². The smallest absolute Gasteiger partial charge is 0.433 e. The summed E-state index contributed by atoms with van der Waals surface area (Å²) in [4.78, 5) is 19.6. The van der Waals surface area contributed by atoms with Gasteiger partial charge in [0.15, 0.2) is 5.58 Å². The van der Waals surface area contributed by atoms with Gasteiger partial charge in [-0.15, -0.1) is 0 Å². The predicted molar refractivity (Wildman–Crippen MR) is 87.9 cm³/mol. The summed E-state index contributed by atoms with van der Waals surface area (Å²) < 4.78 is 47.7. The van der Waals surface area contributed by atoms with E-state index in [9.17, 15) is 18.0 Å². The number of hydrogen-bond donors (Lipinski definition) is 1. The molecule has 2 amide bonds. The van der Waals surface area contributed by atoms with Crippen LogP contribution >= 0.6 is 0 Å². The van der Waals surface area contributed by atoms with Crippen molar-refractivity contribution in [2.45, 2.75) is 6.18 Å². The summed E-state index contributed by atoms with van der Waals surface area (Å²) in [5.41, 5.74) is 0.413. The number of piperazine rings is 1. The van der Waals surface area contributed by atoms with Crippen molar-refractivity contribution in [3.63, 3.8) is 0 Å². The van der Waals surface area contributed by atoms with Gasteiger partial charge >= 0.3 is 18.1 Å². The third-order valence-corrected chi connectivity index (χ3v) is 4.15. The van der Waals surface area contributed by atoms with E-state index >= 15 is 0 Å². The Morgan fingerprint density at radius 3 is 2.69 bits per heavy atom. The normalized spacial score (nSPS) is 16.2. The van der Waals surface area contributed by atoms with E-state index in [0.29, 0.717) is 25.4 Å². The number of alkyl halides is 3. The number of urea groups is 1. The molecule has 0 aliphatic carbocycles. The molecule has 1 fully saturated rings. The Balaban J connectivity index is 1.61. The number of anilines is 1. The summed E-state index contributed by atoms with van der Waals surface area (Å²) >= 11 is 0. The number of fused-ring (bicyclic) bond motifs is 1. The topological polar surface area (TPSA) is 70.8 Å². The molecule has 1 saturated heterocycles. The molecule has 7 nitrogen and oxygen atoms in total. The Morgan fingerprint density at radius 1 is 1.31 bits per heavy atom. The minimum absolute atomic E-state index is 0.0282. The summed E-state index contributed by atoms with van der Waals surface area (Å²) in [7, 11) is 1.65. The molecule has 1 N–H and O–H groups in total. The molecular weight excluding hydrogens is 353 g/mol. The lowest BCUT2D eigenvalue weighted by atomic mass is 10.3. The average Bonchev–Trinajstić information content (AvgIpc) is 3.04. The molecule has 1 aliphatic rings. The molecular formula is C16H19F3N4O3. The molecule has 0 spiro atoms. The van der Waals surface area contributed by atoms with Gasteiger partial charge in [-0.05, 0) is 12.1 Å². The van der Waals surface area contributed by atoms with Crippen molar-refractivity contribution >= 4 is 22.8 Å². The second kappa shape index (κ2) is 7.50. The second-order valence-corrected chi connectivity index (χ2v) is 5.95. The highest BCUT2D eigenvalue weighted by Crippen LogP contribution is 2.31. The Kier molecular flexibility index (Phi) is 5.33. The highest BCUT2D eigenvalue weighted by atomic mass is 19.4. The first-order valence-corrected chi connectivity index (χ1v) is 8.12. The second-order valence-electron chi connectivity index (χ2n) is 5.95. The van der Waals surface area contributed by atoms with Gasteiger partial charge in [0.2, 0.25) is 0 Å². The van der Waals surface area contributed by atoms with Gasteiger partial charge in [0.25, 0.3) is 0 Å². The number of nitrogens with one attached hydrogen (secondary N) is 1. The number of methoxy groups -OCH3 is 1. The third-order valence-electron chi connectivity index (χ3n) is 4.15. The first-order valence-electron chi connectivity index (χ1n) is 8.12. The molecule has 0 atom stereocenters. The van der Waals surface area contributed by atoms with Crippen molar-refractivity contribution in [1.29, 1.82) is 0 Å². The minimum Gasteiger partial charge on any atom is -0.433 e. The van der Waals surface area contributed by atoms with Gasteiger partial charge in [0.1, 0.15) is 5.52 Å². The van der Waals surface area contributed by atoms with E-state index in [-0.39, 0.29) is 17.1 Å². The number of carbonyl (C=O) groups excluding carboxylic acids is 1. The highest BCUT2D eigenvalue weighted by molar-refractivity contribution is 5.91. The van der Waals surface area contributed by atoms with E-state index in [0.717, 1.165) is 19.6 Å². The van der Waals surface area contributed by atoms with Crippen molar-refractivity contribution in [3.8, 4) is 0 Å². The van der Waals surface area contributed by atoms with Gasteiger partial charge < -0.3 is 19.4 Å². The number of oxazole rings is 1. The van der Waals surface area contributed by atoms with E-state index < -0.39 is 12.1 Å². The van der Waals surface area contributed by atoms with Gasteiger partial charge in [-0.3, -0.25) is 4.90 Å². The van der Waals surface area contributed by atoms with Crippen LogP contribution in [-0.4, -0.2) is 67.3 Å². The number of hydrogen-bond acceptors (Lipinski definition) is 5. The first kappa shape index (κ1) is 18.5. The number of aromatic nitrogens is 1. The fourth-order valence-electron chi connectivity index (χ4n) is 2.72. The quantitative estimate of drug-likeness (QED) is 0.894. The Labute approximate surface area is 147 Å². The van der Waals surface area contributed by atoms with Crippen LogP contribution in [0.3, 0.4) is 0 Å². The molecule has 3 rings (SSSR count). The van der Waals surface area contributed by atoms with Crippen LogP contribution < -0.4 is 5.32 Å². The van der Waals surface area contributed by atoms with Gasteiger partial charge in [0.05, 0.1) is 6.61 Å². The minimum atomic E-state index is -4.65. The molecule has 2 aromatic rings. The molecule has 26 heavy (non-hydrogen) atoms. The lowest BCUT2D eigenvalue weighted by Crippen LogP contribution is -2.50. The Morgan fingerprint density at radius 2 is 2.04 bits per heavy atom. The van der Waals surface area contributed by atoms with E-state index in [1.54, 1.807) is 12.0 Å². The van der Waals surface area contributed by atoms with Gasteiger partial charge in [0, 0.05) is 51.6 Å². The van der Waals surface area contributed by atoms with Crippen molar-refractivity contribution in [2.24, 2.45) is 0 Å². The third kappa shape index (κ3) is 4.25. The first-order chi connectivity index (χ1) is 12.4. The van der Waals surface area contributed by atoms with Gasteiger partial charge in [-0.25, -0.2) is 9.78 Å². The van der Waals surface area contributed by atoms with Crippen LogP contribution in [0.4, 0.5) is 23.7 Å². The summed E-state index contributed by atoms with van der Waals surface area (Å²) in [5.74, 6) is -1.30. The van der Waals surface area contributed by atoms with Crippen molar-refractivity contribution in [1.82, 2.24) is 14.8 Å². The van der Waals surface area contributed by atoms with Crippen LogP contribution in [0.1, 0.15) is 5.89 Å². The molecule has 10 heteroatoms. The maximum Gasteiger partial charge on any atom is 0.468 e. The van der Waals surface area contributed by atoms with Crippen LogP contribution in [0.5, 0.6) is 0 Å². The number of carbonyl (C=O) groups is 1. The zero-order valence-electron chi connectivity index (χ0n) is 14.2. The molecule has 0 radical (unpaired) electrons. The van der Waals surface area contributed by atoms with E-state index in [1.165, 1.54) is 18.2 Å². The molecule has 2 heterocycles. The Bertz CT molecular complexity index is 770. The van der Waals surface area contributed by atoms with E-state index in [2.05, 4.69) is 15.2 Å². The zero-order valence-corrected chi connectivity index (χ0v) is 14.2. The maximum absolute atomic E-state index is 12.6. The molecule has 1 aliphatic heterocycles. The van der Waals surface area contributed by atoms with Crippen LogP contribution in [0.2, 0.25) is 0 Å². The van der Waals surface area contributed by atoms with Crippen LogP contribution in [0.15, 0.2) is 22.6 Å². The van der Waals surface area contributed by atoms with E-state index in [1.807, 2.05) is 0 Å². The van der Waals surface area contributed by atoms with Crippen LogP contribution in [-0.2, 0) is 10.9 Å². The number of halogens is 3. The fourth-order valence-corrected chi connectivity index (χ4v) is 2.72. The number of ether oxygens (including phenoxy) is 1. The zero-order chi connectivity index (χ0) is 18.7. The number of nitrogens with zero attached hydrogens (tertiary/aromatic N) is 3. The van der Waals surface area contributed by atoms with E-state index in [4.69, 9.17) is 9.15 Å². The summed E-state index contributed by atoms with van der Waals surface area (Å²) in [6.07, 6.45) is -4.65. The molecule has 142 valence electrons. The van der Waals surface area contributed by atoms with Crippen molar-refractivity contribution in [2.75, 3.05) is 51.8 Å². The van der Waals surface area contributed by atoms with Gasteiger partial charge in [-0.1, -0.05) is 0 Å². The standard InChI is InChI=1S/C16H19F3N4O3/c1-25-9-8-22-4-6-23(7-5-22)15(24)20-11-2-3-12-13(10-11)26-14(21-12)16(17,18)19/h2-3,10H,4-9H2,1H3,(H,20,24). The average molecular weight is 372 g/mol. The van der Waals surface area contributed by atoms with Crippen molar-refractivity contribution < 1.29 is 27.1 Å². The van der Waals surface area contributed by atoms with Gasteiger partial charge in [-0.2, -0.15) is 13.2 Å². The molecule has 0 saturated carbocycles. The van der Waals surface area contributed by atoms with Crippen LogP contribution in [0, 0.1) is 0 Å². The lowest BCUT2D eigenvalue weighted by Gasteiger charge is -2.34. The highest BCUT2D eigenvalue weighted by Gasteiger charge is 2.37. The number of benzene rings is 1. The molecule has 1 aromatic carbocycles. The molecule has 0 unspecified atom stereocenters. The monoisotopic (exact) mass is 372 g/mol. The Hall–Kier alpha value is -2.33. The lowest BCUT2D eigenvalue weighted by molar-refractivity contribution is -0.156. The summed E-state index contributed by atoms with van der Waals surface area (Å²) in [6, 6.07) is 3.92. The summed E-state index contributed by atoms with van der Waals surface area (Å²) in [6.45, 7) is 4.08. The van der Waals surface area contributed by atoms with Crippen LogP contribution in [0.25, 0.3) is 11.1 Å². The fraction of sp³-hybridized carbons (Fsp3) is 0.500. The SMILES string of the molecule is COCCN1CCN(C(=O)Nc2ccc3nc(C(F)(F)F)oc3c2)CC1. The molecule has 1 aromatic heterocycles. The summed E-state index contributed by atoms with van der Waals surface area (Å²) in [5, 5.41) is 2.68. The predicted octanol–water partition coefficient (Wildman–Crippen LogP) is 2.64.